The van der Waals surface area contributed by atoms with Crippen molar-refractivity contribution in [3.63, 3.8) is 0 Å². The summed E-state index contributed by atoms with van der Waals surface area (Å²) in [5.74, 6) is 0.550. The Balaban J connectivity index is 2.06. The quantitative estimate of drug-likeness (QED) is 0.731. The molecule has 82 valence electrons. The lowest BCUT2D eigenvalue weighted by Gasteiger charge is -2.36. The first kappa shape index (κ1) is 10.2. The number of hydrogen-bond acceptors (Lipinski definition) is 5. The van der Waals surface area contributed by atoms with E-state index in [-0.39, 0.29) is 11.9 Å². The van der Waals surface area contributed by atoms with Gasteiger partial charge in [0.2, 0.25) is 11.8 Å². The Morgan fingerprint density at radius 1 is 1.67 bits per heavy atom. The fourth-order valence-corrected chi connectivity index (χ4v) is 1.62. The minimum atomic E-state index is -0.363. The number of carbonyl (C=O) groups is 1. The summed E-state index contributed by atoms with van der Waals surface area (Å²) in [4.78, 5) is 12.7. The maximum Gasteiger partial charge on any atom is 0.318 e. The molecule has 1 aromatic heterocycles. The third-order valence-corrected chi connectivity index (χ3v) is 2.55. The third kappa shape index (κ3) is 1.90. The minimum absolute atomic E-state index is 0.311. The van der Waals surface area contributed by atoms with Gasteiger partial charge in [-0.15, -0.1) is 16.7 Å². The van der Waals surface area contributed by atoms with Gasteiger partial charge >= 0.3 is 6.01 Å². The van der Waals surface area contributed by atoms with Gasteiger partial charge in [-0.1, -0.05) is 5.10 Å². The highest BCUT2D eigenvalue weighted by Gasteiger charge is 2.35. The normalized spacial score (nSPS) is 20.1. The van der Waals surface area contributed by atoms with E-state index in [2.05, 4.69) is 10.2 Å². The molecule has 0 aromatic carbocycles. The number of primary amides is 1. The number of alkyl halides is 1. The fraction of sp³-hybridized carbons (Fsp3) is 0.625. The summed E-state index contributed by atoms with van der Waals surface area (Å²) >= 11 is 5.54. The molecular formula is C8H11ClN4O2. The first-order valence-corrected chi connectivity index (χ1v) is 5.20. The number of halogens is 1. The van der Waals surface area contributed by atoms with Crippen LogP contribution in [0.4, 0.5) is 6.01 Å². The topological polar surface area (TPSA) is 85.3 Å². The average Bonchev–Trinajstić information content (AvgIpc) is 2.50. The molecule has 2 rings (SSSR count). The Morgan fingerprint density at radius 3 is 3.00 bits per heavy atom. The van der Waals surface area contributed by atoms with Crippen LogP contribution in [0.2, 0.25) is 0 Å². The van der Waals surface area contributed by atoms with Crippen molar-refractivity contribution in [2.45, 2.75) is 18.9 Å². The Labute approximate surface area is 91.4 Å². The predicted molar refractivity (Wildman–Crippen MR) is 53.7 cm³/mol. The SMILES string of the molecule is NC(=O)C1CCN1c1nnc(CCCl)o1. The molecule has 1 aliphatic heterocycles. The van der Waals surface area contributed by atoms with Crippen molar-refractivity contribution in [2.24, 2.45) is 5.73 Å². The second kappa shape index (κ2) is 4.06. The van der Waals surface area contributed by atoms with Crippen molar-refractivity contribution in [1.82, 2.24) is 10.2 Å². The molecule has 1 unspecified atom stereocenters. The lowest BCUT2D eigenvalue weighted by Crippen LogP contribution is -2.55. The van der Waals surface area contributed by atoms with Gasteiger partial charge in [-0.3, -0.25) is 4.79 Å². The molecule has 7 heteroatoms. The highest BCUT2D eigenvalue weighted by molar-refractivity contribution is 6.17. The average molecular weight is 231 g/mol. The number of aromatic nitrogens is 2. The summed E-state index contributed by atoms with van der Waals surface area (Å²) in [6.07, 6.45) is 1.27. The zero-order valence-electron chi connectivity index (χ0n) is 8.02. The first-order chi connectivity index (χ1) is 7.22. The lowest BCUT2D eigenvalue weighted by molar-refractivity contribution is -0.120. The zero-order chi connectivity index (χ0) is 10.8. The molecule has 1 aromatic rings. The van der Waals surface area contributed by atoms with Crippen LogP contribution in [0.25, 0.3) is 0 Å². The molecule has 0 saturated carbocycles. The molecule has 0 spiro atoms. The van der Waals surface area contributed by atoms with Crippen molar-refractivity contribution in [1.29, 1.82) is 0 Å². The van der Waals surface area contributed by atoms with Gasteiger partial charge in [-0.2, -0.15) is 0 Å². The molecule has 2 N–H and O–H groups in total. The van der Waals surface area contributed by atoms with Crippen molar-refractivity contribution < 1.29 is 9.21 Å². The lowest BCUT2D eigenvalue weighted by atomic mass is 10.0. The van der Waals surface area contributed by atoms with Gasteiger partial charge in [0, 0.05) is 18.8 Å². The molecule has 6 nitrogen and oxygen atoms in total. The standard InChI is InChI=1S/C8H11ClN4O2/c9-3-1-6-11-12-8(15-6)13-4-2-5(13)7(10)14/h5H,1-4H2,(H2,10,14). The highest BCUT2D eigenvalue weighted by atomic mass is 35.5. The zero-order valence-corrected chi connectivity index (χ0v) is 8.78. The second-order valence-electron chi connectivity index (χ2n) is 3.32. The maximum absolute atomic E-state index is 11.0. The van der Waals surface area contributed by atoms with Crippen molar-refractivity contribution in [2.75, 3.05) is 17.3 Å². The molecule has 0 aliphatic carbocycles. The van der Waals surface area contributed by atoms with Crippen LogP contribution >= 0.6 is 11.6 Å². The van der Waals surface area contributed by atoms with Crippen molar-refractivity contribution >= 4 is 23.5 Å². The predicted octanol–water partition coefficient (Wildman–Crippen LogP) is -0.0851. The van der Waals surface area contributed by atoms with Crippen LogP contribution in [0.1, 0.15) is 12.3 Å². The van der Waals surface area contributed by atoms with Gasteiger partial charge in [0.1, 0.15) is 6.04 Å². The molecule has 15 heavy (non-hydrogen) atoms. The summed E-state index contributed by atoms with van der Waals surface area (Å²) in [7, 11) is 0. The summed E-state index contributed by atoms with van der Waals surface area (Å²) < 4.78 is 5.32. The number of rotatable bonds is 4. The Morgan fingerprint density at radius 2 is 2.47 bits per heavy atom. The van der Waals surface area contributed by atoms with E-state index in [1.54, 1.807) is 4.90 Å². The van der Waals surface area contributed by atoms with Gasteiger partial charge in [-0.05, 0) is 6.42 Å². The van der Waals surface area contributed by atoms with Crippen LogP contribution in [0.15, 0.2) is 4.42 Å². The number of hydrogen-bond donors (Lipinski definition) is 1. The van der Waals surface area contributed by atoms with Crippen LogP contribution in [0.3, 0.4) is 0 Å². The molecule has 2 heterocycles. The van der Waals surface area contributed by atoms with Gasteiger partial charge < -0.3 is 15.1 Å². The molecule has 1 fully saturated rings. The third-order valence-electron chi connectivity index (χ3n) is 2.36. The summed E-state index contributed by atoms with van der Waals surface area (Å²) in [5.41, 5.74) is 5.20. The van der Waals surface area contributed by atoms with Crippen LogP contribution < -0.4 is 10.6 Å². The van der Waals surface area contributed by atoms with Crippen LogP contribution in [0, 0.1) is 0 Å². The minimum Gasteiger partial charge on any atom is -0.408 e. The van der Waals surface area contributed by atoms with Gasteiger partial charge in [0.15, 0.2) is 0 Å². The number of amides is 1. The Hall–Kier alpha value is -1.30. The summed E-state index contributed by atoms with van der Waals surface area (Å²) in [5, 5.41) is 7.64. The van der Waals surface area contributed by atoms with E-state index < -0.39 is 0 Å². The molecule has 1 aliphatic rings. The van der Waals surface area contributed by atoms with E-state index >= 15 is 0 Å². The van der Waals surface area contributed by atoms with Gasteiger partial charge in [0.25, 0.3) is 0 Å². The van der Waals surface area contributed by atoms with Gasteiger partial charge in [0.05, 0.1) is 0 Å². The molecule has 1 saturated heterocycles. The molecule has 1 atom stereocenters. The first-order valence-electron chi connectivity index (χ1n) is 4.66. The fourth-order valence-electron chi connectivity index (χ4n) is 1.45. The molecular weight excluding hydrogens is 220 g/mol. The number of nitrogens with two attached hydrogens (primary N) is 1. The number of carbonyl (C=O) groups excluding carboxylic acids is 1. The largest absolute Gasteiger partial charge is 0.408 e. The van der Waals surface area contributed by atoms with E-state index in [9.17, 15) is 4.79 Å². The van der Waals surface area contributed by atoms with Crippen LogP contribution in [-0.2, 0) is 11.2 Å². The van der Waals surface area contributed by atoms with Gasteiger partial charge in [-0.25, -0.2) is 0 Å². The molecule has 1 amide bonds. The summed E-state index contributed by atoms with van der Waals surface area (Å²) in [6, 6.07) is 0.0412. The van der Waals surface area contributed by atoms with Crippen molar-refractivity contribution in [3.05, 3.63) is 5.89 Å². The molecule has 0 radical (unpaired) electrons. The Bertz CT molecular complexity index is 367. The number of anilines is 1. The Kier molecular flexibility index (Phi) is 2.77. The van der Waals surface area contributed by atoms with E-state index in [1.165, 1.54) is 0 Å². The van der Waals surface area contributed by atoms with E-state index in [0.717, 1.165) is 13.0 Å². The summed E-state index contributed by atoms with van der Waals surface area (Å²) in [6.45, 7) is 0.718. The second-order valence-corrected chi connectivity index (χ2v) is 3.70. The van der Waals surface area contributed by atoms with Crippen molar-refractivity contribution in [3.8, 4) is 0 Å². The maximum atomic E-state index is 11.0. The molecule has 0 bridgehead atoms. The van der Waals surface area contributed by atoms with Crippen LogP contribution in [0.5, 0.6) is 0 Å². The smallest absolute Gasteiger partial charge is 0.318 e. The van der Waals surface area contributed by atoms with E-state index in [1.807, 2.05) is 0 Å². The number of nitrogens with zero attached hydrogens (tertiary/aromatic N) is 3. The van der Waals surface area contributed by atoms with E-state index in [4.69, 9.17) is 21.8 Å². The van der Waals surface area contributed by atoms with E-state index in [0.29, 0.717) is 24.2 Å². The highest BCUT2D eigenvalue weighted by Crippen LogP contribution is 2.24. The monoisotopic (exact) mass is 230 g/mol. The van der Waals surface area contributed by atoms with Crippen LogP contribution in [-0.4, -0.2) is 34.6 Å². The number of aryl methyl sites for hydroxylation is 1.